The van der Waals surface area contributed by atoms with Crippen molar-refractivity contribution in [3.8, 4) is 11.1 Å². The van der Waals surface area contributed by atoms with Crippen LogP contribution in [0, 0.1) is 13.8 Å². The zero-order valence-corrected chi connectivity index (χ0v) is 34.1. The Morgan fingerprint density at radius 1 is 0.267 bits per heavy atom. The zero-order valence-electron chi connectivity index (χ0n) is 34.1. The van der Waals surface area contributed by atoms with Gasteiger partial charge in [-0.3, -0.25) is 0 Å². The molecule has 0 amide bonds. The highest BCUT2D eigenvalue weighted by atomic mass is 15.1. The van der Waals surface area contributed by atoms with Gasteiger partial charge < -0.3 is 9.80 Å². The van der Waals surface area contributed by atoms with Gasteiger partial charge in [-0.05, 0) is 131 Å². The van der Waals surface area contributed by atoms with Crippen molar-refractivity contribution >= 4 is 58.4 Å². The number of allylic oxidation sites excluding steroid dienone is 4. The van der Waals surface area contributed by atoms with Crippen molar-refractivity contribution < 1.29 is 0 Å². The van der Waals surface area contributed by atoms with E-state index >= 15 is 0 Å². The van der Waals surface area contributed by atoms with Crippen molar-refractivity contribution in [3.63, 3.8) is 0 Å². The maximum Gasteiger partial charge on any atom is 0.0464 e. The third kappa shape index (κ3) is 10.1. The van der Waals surface area contributed by atoms with Gasteiger partial charge in [-0.25, -0.2) is 0 Å². The van der Waals surface area contributed by atoms with Crippen LogP contribution in [0.15, 0.2) is 231 Å². The van der Waals surface area contributed by atoms with E-state index in [-0.39, 0.29) is 0 Å². The number of nitrogens with zero attached hydrogens (tertiary/aromatic N) is 2. The average Bonchev–Trinajstić information content (AvgIpc) is 3.29. The summed E-state index contributed by atoms with van der Waals surface area (Å²) >= 11 is 0. The van der Waals surface area contributed by atoms with E-state index in [1.807, 2.05) is 12.1 Å². The third-order valence-electron chi connectivity index (χ3n) is 10.4. The SMILES string of the molecule is Cc1cccc(N(c2ccc(C=CC=Cc3ccccc3)cc2)c2ccc(-c3ccc(N(c4ccc(C=CC=Cc5ccccc5)cc4)c4cccc(C)c4)cc3)cc2)c1. The number of hydrogen-bond donors (Lipinski definition) is 0. The van der Waals surface area contributed by atoms with Crippen LogP contribution in [0.5, 0.6) is 0 Å². The quantitative estimate of drug-likeness (QED) is 0.108. The Bertz CT molecular complexity index is 2530. The summed E-state index contributed by atoms with van der Waals surface area (Å²) < 4.78 is 0. The van der Waals surface area contributed by atoms with Crippen LogP contribution in [0.3, 0.4) is 0 Å². The van der Waals surface area contributed by atoms with E-state index in [1.165, 1.54) is 22.3 Å². The van der Waals surface area contributed by atoms with Gasteiger partial charge in [-0.15, -0.1) is 0 Å². The summed E-state index contributed by atoms with van der Waals surface area (Å²) in [4.78, 5) is 4.65. The molecule has 2 heteroatoms. The molecule has 0 N–H and O–H groups in total. The van der Waals surface area contributed by atoms with Crippen LogP contribution in [0.2, 0.25) is 0 Å². The molecule has 0 bridgehead atoms. The normalized spacial score (nSPS) is 11.6. The van der Waals surface area contributed by atoms with E-state index in [4.69, 9.17) is 0 Å². The zero-order chi connectivity index (χ0) is 40.9. The van der Waals surface area contributed by atoms with Gasteiger partial charge in [-0.2, -0.15) is 0 Å². The first kappa shape index (κ1) is 39.2. The molecule has 0 aromatic heterocycles. The number of aryl methyl sites for hydroxylation is 2. The van der Waals surface area contributed by atoms with Crippen LogP contribution in [0.4, 0.5) is 34.1 Å². The molecule has 8 aromatic carbocycles. The van der Waals surface area contributed by atoms with Gasteiger partial charge in [0.05, 0.1) is 0 Å². The van der Waals surface area contributed by atoms with Gasteiger partial charge in [0, 0.05) is 34.1 Å². The maximum absolute atomic E-state index is 2.32. The van der Waals surface area contributed by atoms with E-state index in [0.717, 1.165) is 56.4 Å². The molecular weight excluding hydrogens is 725 g/mol. The van der Waals surface area contributed by atoms with Crippen LogP contribution >= 0.6 is 0 Å². The molecule has 290 valence electrons. The lowest BCUT2D eigenvalue weighted by atomic mass is 10.0. The minimum absolute atomic E-state index is 1.10. The lowest BCUT2D eigenvalue weighted by Crippen LogP contribution is -2.10. The largest absolute Gasteiger partial charge is 0.310 e. The third-order valence-corrected chi connectivity index (χ3v) is 10.4. The summed E-state index contributed by atoms with van der Waals surface area (Å²) in [6.45, 7) is 4.29. The minimum Gasteiger partial charge on any atom is -0.310 e. The second-order valence-electron chi connectivity index (χ2n) is 14.9. The molecule has 0 radical (unpaired) electrons. The van der Waals surface area contributed by atoms with Crippen molar-refractivity contribution in [1.82, 2.24) is 0 Å². The Morgan fingerprint density at radius 2 is 0.567 bits per heavy atom. The molecule has 0 atom stereocenters. The smallest absolute Gasteiger partial charge is 0.0464 e. The van der Waals surface area contributed by atoms with Crippen LogP contribution < -0.4 is 9.80 Å². The minimum atomic E-state index is 1.10. The molecule has 0 aliphatic heterocycles. The summed E-state index contributed by atoms with van der Waals surface area (Å²) in [6.07, 6.45) is 16.9. The summed E-state index contributed by atoms with van der Waals surface area (Å²) in [5.41, 5.74) is 16.1. The molecule has 0 spiro atoms. The lowest BCUT2D eigenvalue weighted by Gasteiger charge is -2.26. The Kier molecular flexibility index (Phi) is 12.5. The Hall–Kier alpha value is -7.68. The summed E-state index contributed by atoms with van der Waals surface area (Å²) in [5, 5.41) is 0. The van der Waals surface area contributed by atoms with Gasteiger partial charge >= 0.3 is 0 Å². The molecule has 0 unspecified atom stereocenters. The van der Waals surface area contributed by atoms with Crippen molar-refractivity contribution in [1.29, 1.82) is 0 Å². The maximum atomic E-state index is 2.32. The molecule has 60 heavy (non-hydrogen) atoms. The summed E-state index contributed by atoms with van der Waals surface area (Å²) in [5.74, 6) is 0. The fraction of sp³-hybridized carbons (Fsp3) is 0.0345. The summed E-state index contributed by atoms with van der Waals surface area (Å²) in [6, 6.07) is 73.4. The van der Waals surface area contributed by atoms with E-state index in [9.17, 15) is 0 Å². The second kappa shape index (κ2) is 19.2. The molecule has 0 fully saturated rings. The molecular formula is C58H48N2. The first-order valence-corrected chi connectivity index (χ1v) is 20.5. The highest BCUT2D eigenvalue weighted by Gasteiger charge is 2.15. The molecule has 2 nitrogen and oxygen atoms in total. The molecule has 0 saturated carbocycles. The van der Waals surface area contributed by atoms with Gasteiger partial charge in [0.25, 0.3) is 0 Å². The predicted octanol–water partition coefficient (Wildman–Crippen LogP) is 16.4. The van der Waals surface area contributed by atoms with Gasteiger partial charge in [-0.1, -0.05) is 182 Å². The Morgan fingerprint density at radius 3 is 0.883 bits per heavy atom. The fourth-order valence-electron chi connectivity index (χ4n) is 7.30. The Balaban J connectivity index is 1.01. The first-order chi connectivity index (χ1) is 29.6. The van der Waals surface area contributed by atoms with Gasteiger partial charge in [0.15, 0.2) is 0 Å². The molecule has 8 aromatic rings. The topological polar surface area (TPSA) is 6.48 Å². The van der Waals surface area contributed by atoms with Crippen LogP contribution in [-0.2, 0) is 0 Å². The molecule has 0 aliphatic rings. The van der Waals surface area contributed by atoms with Gasteiger partial charge in [0.1, 0.15) is 0 Å². The van der Waals surface area contributed by atoms with Crippen LogP contribution in [0.1, 0.15) is 33.4 Å². The molecule has 0 saturated heterocycles. The van der Waals surface area contributed by atoms with Crippen molar-refractivity contribution in [2.24, 2.45) is 0 Å². The van der Waals surface area contributed by atoms with Crippen molar-refractivity contribution in [2.75, 3.05) is 9.80 Å². The highest BCUT2D eigenvalue weighted by Crippen LogP contribution is 2.38. The van der Waals surface area contributed by atoms with E-state index in [2.05, 4.69) is 266 Å². The Labute approximate surface area is 355 Å². The number of hydrogen-bond acceptors (Lipinski definition) is 2. The molecule has 0 heterocycles. The predicted molar refractivity (Wildman–Crippen MR) is 260 cm³/mol. The second-order valence-corrected chi connectivity index (χ2v) is 14.9. The fourth-order valence-corrected chi connectivity index (χ4v) is 7.30. The van der Waals surface area contributed by atoms with Crippen molar-refractivity contribution in [2.45, 2.75) is 13.8 Å². The number of benzene rings is 8. The monoisotopic (exact) mass is 772 g/mol. The van der Waals surface area contributed by atoms with Crippen LogP contribution in [0.25, 0.3) is 35.4 Å². The molecule has 8 rings (SSSR count). The van der Waals surface area contributed by atoms with Crippen molar-refractivity contribution in [3.05, 3.63) is 264 Å². The number of anilines is 6. The van der Waals surface area contributed by atoms with E-state index in [0.29, 0.717) is 0 Å². The van der Waals surface area contributed by atoms with Gasteiger partial charge in [0.2, 0.25) is 0 Å². The van der Waals surface area contributed by atoms with Crippen LogP contribution in [-0.4, -0.2) is 0 Å². The summed E-state index contributed by atoms with van der Waals surface area (Å²) in [7, 11) is 0. The van der Waals surface area contributed by atoms with E-state index < -0.39 is 0 Å². The van der Waals surface area contributed by atoms with E-state index in [1.54, 1.807) is 0 Å². The average molecular weight is 773 g/mol. The first-order valence-electron chi connectivity index (χ1n) is 20.5. The molecule has 0 aliphatic carbocycles. The standard InChI is InChI=1S/C58H48N2/c1-45-15-13-25-57(43-45)59(53-35-27-49(28-36-53)23-11-9-21-47-17-5-3-6-18-47)55-39-31-51(32-40-55)52-33-41-56(42-34-52)60(58-26-14-16-46(2)44-58)54-37-29-50(30-38-54)24-12-10-22-48-19-7-4-8-20-48/h3-44H,1-2H3. The number of rotatable bonds is 13. The highest BCUT2D eigenvalue weighted by molar-refractivity contribution is 5.81. The lowest BCUT2D eigenvalue weighted by molar-refractivity contribution is 1.27.